The monoisotopic (exact) mass is 554 g/mol. The molecule has 2 heterocycles. The Balaban J connectivity index is 0.00000289. The molecule has 1 fully saturated rings. The van der Waals surface area contributed by atoms with Gasteiger partial charge < -0.3 is 20.1 Å². The van der Waals surface area contributed by atoms with E-state index in [1.54, 1.807) is 20.5 Å². The molecule has 9 heteroatoms. The van der Waals surface area contributed by atoms with E-state index in [4.69, 9.17) is 9.47 Å². The molecular formula is C23H35IN6O2. The van der Waals surface area contributed by atoms with Crippen molar-refractivity contribution in [1.29, 1.82) is 0 Å². The molecule has 0 radical (unpaired) electrons. The normalized spacial score (nSPS) is 20.0. The van der Waals surface area contributed by atoms with Crippen LogP contribution >= 0.6 is 24.0 Å². The first-order valence-electron chi connectivity index (χ1n) is 11.2. The largest absolute Gasteiger partial charge is 0.493 e. The van der Waals surface area contributed by atoms with Crippen LogP contribution in [0.15, 0.2) is 29.5 Å². The second-order valence-corrected chi connectivity index (χ2v) is 8.57. The Morgan fingerprint density at radius 3 is 2.69 bits per heavy atom. The number of halogens is 1. The number of fused-ring (bicyclic) bond motifs is 1. The second kappa shape index (κ2) is 11.2. The molecule has 1 saturated carbocycles. The first-order chi connectivity index (χ1) is 15.2. The van der Waals surface area contributed by atoms with Crippen molar-refractivity contribution >= 4 is 29.9 Å². The summed E-state index contributed by atoms with van der Waals surface area (Å²) in [6.07, 6.45) is 9.67. The third-order valence-corrected chi connectivity index (χ3v) is 6.77. The Bertz CT molecular complexity index is 910. The van der Waals surface area contributed by atoms with E-state index in [9.17, 15) is 0 Å². The van der Waals surface area contributed by atoms with Crippen LogP contribution < -0.4 is 20.1 Å². The van der Waals surface area contributed by atoms with Gasteiger partial charge in [0.1, 0.15) is 12.2 Å². The van der Waals surface area contributed by atoms with E-state index in [0.29, 0.717) is 6.04 Å². The summed E-state index contributed by atoms with van der Waals surface area (Å²) in [5.41, 5.74) is 1.36. The molecule has 2 aromatic rings. The van der Waals surface area contributed by atoms with Crippen LogP contribution in [0.1, 0.15) is 49.9 Å². The minimum atomic E-state index is 0. The topological polar surface area (TPSA) is 85.6 Å². The van der Waals surface area contributed by atoms with Crippen molar-refractivity contribution in [2.75, 3.05) is 27.8 Å². The number of rotatable bonds is 6. The molecule has 1 atom stereocenters. The van der Waals surface area contributed by atoms with Crippen LogP contribution in [0.3, 0.4) is 0 Å². The van der Waals surface area contributed by atoms with Crippen molar-refractivity contribution in [2.24, 2.45) is 4.99 Å². The molecule has 176 valence electrons. The molecule has 0 saturated heterocycles. The number of ether oxygens (including phenoxy) is 2. The van der Waals surface area contributed by atoms with Gasteiger partial charge in [-0.1, -0.05) is 25.3 Å². The van der Waals surface area contributed by atoms with Gasteiger partial charge in [0.05, 0.1) is 20.8 Å². The highest BCUT2D eigenvalue weighted by Crippen LogP contribution is 2.42. The zero-order chi connectivity index (χ0) is 21.7. The van der Waals surface area contributed by atoms with Crippen LogP contribution in [0, 0.1) is 0 Å². The minimum absolute atomic E-state index is 0. The summed E-state index contributed by atoms with van der Waals surface area (Å²) in [5, 5.41) is 11.5. The molecule has 32 heavy (non-hydrogen) atoms. The van der Waals surface area contributed by atoms with Gasteiger partial charge in [0, 0.05) is 31.5 Å². The molecule has 0 spiro atoms. The lowest BCUT2D eigenvalue weighted by Crippen LogP contribution is -2.51. The number of hydrogen-bond acceptors (Lipinski definition) is 5. The smallest absolute Gasteiger partial charge is 0.191 e. The summed E-state index contributed by atoms with van der Waals surface area (Å²) < 4.78 is 13.0. The van der Waals surface area contributed by atoms with E-state index in [0.717, 1.165) is 62.1 Å². The number of nitrogens with zero attached hydrogens (tertiary/aromatic N) is 4. The van der Waals surface area contributed by atoms with E-state index in [1.165, 1.54) is 24.8 Å². The van der Waals surface area contributed by atoms with Crippen LogP contribution in [-0.2, 0) is 18.4 Å². The lowest BCUT2D eigenvalue weighted by Gasteiger charge is -2.39. The quantitative estimate of drug-likeness (QED) is 0.324. The Morgan fingerprint density at radius 1 is 1.19 bits per heavy atom. The molecule has 8 nitrogen and oxygen atoms in total. The summed E-state index contributed by atoms with van der Waals surface area (Å²) >= 11 is 0. The molecular weight excluding hydrogens is 519 g/mol. The zero-order valence-electron chi connectivity index (χ0n) is 19.3. The summed E-state index contributed by atoms with van der Waals surface area (Å²) in [6, 6.07) is 6.66. The molecule has 2 aliphatic rings. The highest BCUT2D eigenvalue weighted by molar-refractivity contribution is 14.0. The molecule has 1 aliphatic carbocycles. The molecule has 4 rings (SSSR count). The molecule has 1 unspecified atom stereocenters. The van der Waals surface area contributed by atoms with Gasteiger partial charge >= 0.3 is 0 Å². The minimum Gasteiger partial charge on any atom is -0.493 e. The lowest BCUT2D eigenvalue weighted by molar-refractivity contribution is 0.287. The molecule has 1 aliphatic heterocycles. The molecule has 0 bridgehead atoms. The predicted molar refractivity (Wildman–Crippen MR) is 136 cm³/mol. The van der Waals surface area contributed by atoms with Crippen molar-refractivity contribution < 1.29 is 9.47 Å². The standard InChI is InChI=1S/C23H34N6O2.HI/c1-24-22(28-18-8-10-21-26-16-27-29(21)14-18)25-15-23(11-5-4-6-12-23)17-7-9-19(30-2)20(13-17)31-3;/h7,9,13,16,18H,4-6,8,10-12,14-15H2,1-3H3,(H2,24,25,28);1H. The average Bonchev–Trinajstić information content (AvgIpc) is 3.29. The first kappa shape index (κ1) is 24.6. The Kier molecular flexibility index (Phi) is 8.61. The van der Waals surface area contributed by atoms with Crippen LogP contribution in [-0.4, -0.2) is 54.6 Å². The highest BCUT2D eigenvalue weighted by atomic mass is 127. The number of aliphatic imine (C=N–C) groups is 1. The van der Waals surface area contributed by atoms with E-state index < -0.39 is 0 Å². The van der Waals surface area contributed by atoms with Crippen LogP contribution in [0.5, 0.6) is 11.5 Å². The van der Waals surface area contributed by atoms with E-state index in [-0.39, 0.29) is 29.4 Å². The summed E-state index contributed by atoms with van der Waals surface area (Å²) in [6.45, 7) is 1.65. The maximum atomic E-state index is 5.59. The fraction of sp³-hybridized carbons (Fsp3) is 0.609. The van der Waals surface area contributed by atoms with Crippen molar-refractivity contribution in [3.05, 3.63) is 35.9 Å². The van der Waals surface area contributed by atoms with Gasteiger partial charge in [-0.05, 0) is 37.0 Å². The van der Waals surface area contributed by atoms with E-state index in [1.807, 2.05) is 17.8 Å². The number of benzene rings is 1. The van der Waals surface area contributed by atoms with Crippen LogP contribution in [0.4, 0.5) is 0 Å². The number of methoxy groups -OCH3 is 2. The Hall–Kier alpha value is -2.04. The van der Waals surface area contributed by atoms with Crippen LogP contribution in [0.25, 0.3) is 0 Å². The zero-order valence-corrected chi connectivity index (χ0v) is 21.6. The summed E-state index contributed by atoms with van der Waals surface area (Å²) in [7, 11) is 5.21. The van der Waals surface area contributed by atoms with Crippen molar-refractivity contribution in [3.63, 3.8) is 0 Å². The Labute approximate surface area is 207 Å². The maximum absolute atomic E-state index is 5.59. The third-order valence-electron chi connectivity index (χ3n) is 6.77. The van der Waals surface area contributed by atoms with Gasteiger partial charge in [-0.2, -0.15) is 5.10 Å². The molecule has 1 aromatic carbocycles. The van der Waals surface area contributed by atoms with E-state index >= 15 is 0 Å². The highest BCUT2D eigenvalue weighted by Gasteiger charge is 2.35. The number of aryl methyl sites for hydroxylation is 1. The third kappa shape index (κ3) is 5.29. The van der Waals surface area contributed by atoms with Gasteiger partial charge in [0.25, 0.3) is 0 Å². The van der Waals surface area contributed by atoms with Gasteiger partial charge in [0.2, 0.25) is 0 Å². The second-order valence-electron chi connectivity index (χ2n) is 8.57. The first-order valence-corrected chi connectivity index (χ1v) is 11.2. The fourth-order valence-electron chi connectivity index (χ4n) is 4.96. The van der Waals surface area contributed by atoms with Crippen LogP contribution in [0.2, 0.25) is 0 Å². The Morgan fingerprint density at radius 2 is 1.97 bits per heavy atom. The number of guanidine groups is 1. The number of nitrogens with one attached hydrogen (secondary N) is 2. The number of hydrogen-bond donors (Lipinski definition) is 2. The summed E-state index contributed by atoms with van der Waals surface area (Å²) in [5.74, 6) is 3.47. The van der Waals surface area contributed by atoms with Gasteiger partial charge in [-0.25, -0.2) is 9.67 Å². The molecule has 0 amide bonds. The van der Waals surface area contributed by atoms with Crippen molar-refractivity contribution in [2.45, 2.75) is 62.9 Å². The van der Waals surface area contributed by atoms with E-state index in [2.05, 4.69) is 37.8 Å². The lowest BCUT2D eigenvalue weighted by atomic mass is 9.69. The van der Waals surface area contributed by atoms with Crippen molar-refractivity contribution in [1.82, 2.24) is 25.4 Å². The van der Waals surface area contributed by atoms with Gasteiger partial charge in [-0.15, -0.1) is 24.0 Å². The molecule has 2 N–H and O–H groups in total. The predicted octanol–water partition coefficient (Wildman–Crippen LogP) is 3.30. The fourth-order valence-corrected chi connectivity index (χ4v) is 4.96. The van der Waals surface area contributed by atoms with Gasteiger partial charge in [-0.3, -0.25) is 4.99 Å². The maximum Gasteiger partial charge on any atom is 0.191 e. The SMILES string of the molecule is CN=C(NCC1(c2ccc(OC)c(OC)c2)CCCCC1)NC1CCc2ncnn2C1.I. The average molecular weight is 554 g/mol. The van der Waals surface area contributed by atoms with Crippen molar-refractivity contribution in [3.8, 4) is 11.5 Å². The number of aromatic nitrogens is 3. The summed E-state index contributed by atoms with van der Waals surface area (Å²) in [4.78, 5) is 8.82. The molecule has 1 aromatic heterocycles. The van der Waals surface area contributed by atoms with Gasteiger partial charge in [0.15, 0.2) is 17.5 Å².